The van der Waals surface area contributed by atoms with Crippen LogP contribution in [0.4, 0.5) is 0 Å². The highest BCUT2D eigenvalue weighted by Gasteiger charge is 2.10. The van der Waals surface area contributed by atoms with Gasteiger partial charge in [-0.25, -0.2) is 0 Å². The highest BCUT2D eigenvalue weighted by Crippen LogP contribution is 2.26. The van der Waals surface area contributed by atoms with Gasteiger partial charge in [0.25, 0.3) is 5.89 Å². The molecule has 3 aromatic rings. The molecule has 1 N–H and O–H groups in total. The van der Waals surface area contributed by atoms with Crippen molar-refractivity contribution in [1.82, 2.24) is 15.1 Å². The largest absolute Gasteiger partial charge is 0.360 e. The Morgan fingerprint density at radius 2 is 2.13 bits per heavy atom. The number of aromatic amines is 1. The fourth-order valence-electron chi connectivity index (χ4n) is 1.65. The number of nitrogens with zero attached hydrogens (tertiary/aromatic N) is 2. The van der Waals surface area contributed by atoms with Crippen molar-refractivity contribution in [3.05, 3.63) is 36.3 Å². The molecule has 4 heteroatoms. The molecule has 0 aliphatic heterocycles. The summed E-state index contributed by atoms with van der Waals surface area (Å²) in [6.07, 6.45) is 1.89. The summed E-state index contributed by atoms with van der Waals surface area (Å²) in [5.74, 6) is 1.21. The number of fused-ring (bicyclic) bond motifs is 1. The molecular weight excluding hydrogens is 190 g/mol. The number of H-pyrrole nitrogens is 1. The van der Waals surface area contributed by atoms with Gasteiger partial charge in [-0.05, 0) is 13.0 Å². The Morgan fingerprint density at radius 3 is 2.93 bits per heavy atom. The Labute approximate surface area is 85.9 Å². The van der Waals surface area contributed by atoms with Crippen LogP contribution in [0.2, 0.25) is 0 Å². The van der Waals surface area contributed by atoms with Gasteiger partial charge >= 0.3 is 0 Å². The topological polar surface area (TPSA) is 54.7 Å². The summed E-state index contributed by atoms with van der Waals surface area (Å²) >= 11 is 0. The molecular formula is C11H9N3O. The Kier molecular flexibility index (Phi) is 1.62. The normalized spacial score (nSPS) is 11.0. The Morgan fingerprint density at radius 1 is 1.27 bits per heavy atom. The zero-order valence-electron chi connectivity index (χ0n) is 8.19. The molecule has 3 rings (SSSR count). The van der Waals surface area contributed by atoms with E-state index in [0.29, 0.717) is 11.7 Å². The van der Waals surface area contributed by atoms with Gasteiger partial charge < -0.3 is 9.51 Å². The van der Waals surface area contributed by atoms with Crippen molar-refractivity contribution in [1.29, 1.82) is 0 Å². The summed E-state index contributed by atoms with van der Waals surface area (Å²) in [4.78, 5) is 7.37. The van der Waals surface area contributed by atoms with Crippen LogP contribution in [-0.4, -0.2) is 15.1 Å². The zero-order chi connectivity index (χ0) is 10.3. The fraction of sp³-hybridized carbons (Fsp3) is 0.0909. The smallest absolute Gasteiger partial charge is 0.260 e. The average Bonchev–Trinajstić information content (AvgIpc) is 2.83. The number of para-hydroxylation sites is 1. The Hall–Kier alpha value is -2.10. The first-order valence-corrected chi connectivity index (χ1v) is 4.71. The lowest BCUT2D eigenvalue weighted by Crippen LogP contribution is -1.75. The molecule has 0 atom stereocenters. The van der Waals surface area contributed by atoms with Crippen molar-refractivity contribution >= 4 is 10.9 Å². The molecule has 0 saturated carbocycles. The van der Waals surface area contributed by atoms with E-state index in [9.17, 15) is 0 Å². The van der Waals surface area contributed by atoms with Gasteiger partial charge in [-0.1, -0.05) is 23.4 Å². The van der Waals surface area contributed by atoms with E-state index in [4.69, 9.17) is 4.52 Å². The van der Waals surface area contributed by atoms with Crippen LogP contribution < -0.4 is 0 Å². The van der Waals surface area contributed by atoms with E-state index in [2.05, 4.69) is 15.1 Å². The van der Waals surface area contributed by atoms with Crippen LogP contribution in [0.5, 0.6) is 0 Å². The first-order chi connectivity index (χ1) is 7.34. The van der Waals surface area contributed by atoms with Crippen LogP contribution in [0.3, 0.4) is 0 Å². The van der Waals surface area contributed by atoms with Crippen LogP contribution in [0.15, 0.2) is 35.0 Å². The zero-order valence-corrected chi connectivity index (χ0v) is 8.19. The van der Waals surface area contributed by atoms with Crippen molar-refractivity contribution in [2.24, 2.45) is 0 Å². The van der Waals surface area contributed by atoms with Crippen molar-refractivity contribution in [3.8, 4) is 11.5 Å². The van der Waals surface area contributed by atoms with Crippen LogP contribution in [0, 0.1) is 6.92 Å². The average molecular weight is 199 g/mol. The number of hydrogen-bond acceptors (Lipinski definition) is 3. The first kappa shape index (κ1) is 8.23. The van der Waals surface area contributed by atoms with E-state index in [1.54, 1.807) is 0 Å². The van der Waals surface area contributed by atoms with E-state index in [1.165, 1.54) is 0 Å². The Balaban J connectivity index is 2.27. The molecule has 0 amide bonds. The molecule has 15 heavy (non-hydrogen) atoms. The first-order valence-electron chi connectivity index (χ1n) is 4.71. The van der Waals surface area contributed by atoms with E-state index in [1.807, 2.05) is 37.4 Å². The third-order valence-electron chi connectivity index (χ3n) is 2.35. The summed E-state index contributed by atoms with van der Waals surface area (Å²) in [6, 6.07) is 8.02. The van der Waals surface area contributed by atoms with Crippen LogP contribution in [0.25, 0.3) is 22.4 Å². The minimum absolute atomic E-state index is 0.560. The molecule has 0 aliphatic carbocycles. The van der Waals surface area contributed by atoms with Crippen molar-refractivity contribution in [2.45, 2.75) is 6.92 Å². The van der Waals surface area contributed by atoms with Gasteiger partial charge in [0.2, 0.25) is 0 Å². The molecule has 0 bridgehead atoms. The molecule has 0 fully saturated rings. The number of aryl methyl sites for hydroxylation is 1. The monoisotopic (exact) mass is 199 g/mol. The fourth-order valence-corrected chi connectivity index (χ4v) is 1.65. The third kappa shape index (κ3) is 1.22. The molecule has 74 valence electrons. The molecule has 0 saturated heterocycles. The molecule has 2 heterocycles. The predicted molar refractivity (Wildman–Crippen MR) is 56.3 cm³/mol. The number of benzene rings is 1. The van der Waals surface area contributed by atoms with Gasteiger partial charge in [-0.3, -0.25) is 0 Å². The minimum atomic E-state index is 0.560. The maximum Gasteiger partial charge on any atom is 0.260 e. The SMILES string of the molecule is Cc1noc(-c2c[nH]c3ccccc23)n1. The van der Waals surface area contributed by atoms with Gasteiger partial charge in [0, 0.05) is 17.1 Å². The van der Waals surface area contributed by atoms with E-state index >= 15 is 0 Å². The summed E-state index contributed by atoms with van der Waals surface area (Å²) in [6.45, 7) is 1.81. The van der Waals surface area contributed by atoms with Gasteiger partial charge in [-0.2, -0.15) is 4.98 Å². The highest BCUT2D eigenvalue weighted by atomic mass is 16.5. The minimum Gasteiger partial charge on any atom is -0.360 e. The van der Waals surface area contributed by atoms with Crippen molar-refractivity contribution < 1.29 is 4.52 Å². The molecule has 1 aromatic carbocycles. The second-order valence-electron chi connectivity index (χ2n) is 3.39. The number of nitrogens with one attached hydrogen (secondary N) is 1. The van der Waals surface area contributed by atoms with E-state index in [-0.39, 0.29) is 0 Å². The van der Waals surface area contributed by atoms with E-state index < -0.39 is 0 Å². The molecule has 0 spiro atoms. The molecule has 2 aromatic heterocycles. The third-order valence-corrected chi connectivity index (χ3v) is 2.35. The van der Waals surface area contributed by atoms with Gasteiger partial charge in [0.1, 0.15) is 0 Å². The molecule has 0 aliphatic rings. The molecule has 0 radical (unpaired) electrons. The van der Waals surface area contributed by atoms with Crippen molar-refractivity contribution in [3.63, 3.8) is 0 Å². The summed E-state index contributed by atoms with van der Waals surface area (Å²) in [5.41, 5.74) is 2.02. The van der Waals surface area contributed by atoms with Gasteiger partial charge in [-0.15, -0.1) is 0 Å². The Bertz CT molecular complexity index is 609. The van der Waals surface area contributed by atoms with Gasteiger partial charge in [0.05, 0.1) is 5.56 Å². The second-order valence-corrected chi connectivity index (χ2v) is 3.39. The maximum absolute atomic E-state index is 5.14. The number of aromatic nitrogens is 3. The lowest BCUT2D eigenvalue weighted by molar-refractivity contribution is 0.426. The van der Waals surface area contributed by atoms with Gasteiger partial charge in [0.15, 0.2) is 5.82 Å². The number of rotatable bonds is 1. The summed E-state index contributed by atoms with van der Waals surface area (Å²) < 4.78 is 5.14. The van der Waals surface area contributed by atoms with Crippen LogP contribution in [-0.2, 0) is 0 Å². The molecule has 0 unspecified atom stereocenters. The summed E-state index contributed by atoms with van der Waals surface area (Å²) in [5, 5.41) is 4.88. The number of hydrogen-bond donors (Lipinski definition) is 1. The lowest BCUT2D eigenvalue weighted by Gasteiger charge is -1.90. The highest BCUT2D eigenvalue weighted by molar-refractivity contribution is 5.93. The van der Waals surface area contributed by atoms with Crippen molar-refractivity contribution in [2.75, 3.05) is 0 Å². The second kappa shape index (κ2) is 2.95. The molecule has 4 nitrogen and oxygen atoms in total. The van der Waals surface area contributed by atoms with Crippen LogP contribution in [0.1, 0.15) is 5.82 Å². The standard InChI is InChI=1S/C11H9N3O/c1-7-13-11(15-14-7)9-6-12-10-5-3-2-4-8(9)10/h2-6,12H,1H3. The van der Waals surface area contributed by atoms with E-state index in [0.717, 1.165) is 16.5 Å². The quantitative estimate of drug-likeness (QED) is 0.655. The summed E-state index contributed by atoms with van der Waals surface area (Å²) in [7, 11) is 0. The predicted octanol–water partition coefficient (Wildman–Crippen LogP) is 2.53. The maximum atomic E-state index is 5.14. The lowest BCUT2D eigenvalue weighted by atomic mass is 10.2. The van der Waals surface area contributed by atoms with Crippen LogP contribution >= 0.6 is 0 Å².